The lowest BCUT2D eigenvalue weighted by Gasteiger charge is -2.06. The fourth-order valence-electron chi connectivity index (χ4n) is 1.17. The highest BCUT2D eigenvalue weighted by Gasteiger charge is 2.04. The molecule has 15 heavy (non-hydrogen) atoms. The van der Waals surface area contributed by atoms with Gasteiger partial charge < -0.3 is 4.74 Å². The lowest BCUT2D eigenvalue weighted by atomic mass is 10.3. The van der Waals surface area contributed by atoms with E-state index in [-0.39, 0.29) is 5.75 Å². The molecule has 0 aliphatic heterocycles. The Bertz CT molecular complexity index is 456. The van der Waals surface area contributed by atoms with Gasteiger partial charge in [0, 0.05) is 5.02 Å². The summed E-state index contributed by atoms with van der Waals surface area (Å²) in [6, 6.07) is 13.3. The van der Waals surface area contributed by atoms with Crippen LogP contribution in [-0.4, -0.2) is 0 Å². The van der Waals surface area contributed by atoms with Gasteiger partial charge in [-0.05, 0) is 30.3 Å². The van der Waals surface area contributed by atoms with Gasteiger partial charge in [-0.3, -0.25) is 0 Å². The zero-order chi connectivity index (χ0) is 10.7. The van der Waals surface area contributed by atoms with Crippen LogP contribution in [0.5, 0.6) is 11.5 Å². The van der Waals surface area contributed by atoms with Crippen LogP contribution in [0.2, 0.25) is 5.02 Å². The summed E-state index contributed by atoms with van der Waals surface area (Å²) in [6.07, 6.45) is 0. The van der Waals surface area contributed by atoms with Gasteiger partial charge in [-0.25, -0.2) is 4.39 Å². The minimum Gasteiger partial charge on any atom is -0.454 e. The van der Waals surface area contributed by atoms with Crippen LogP contribution < -0.4 is 4.74 Å². The van der Waals surface area contributed by atoms with Crippen molar-refractivity contribution in [1.29, 1.82) is 0 Å². The normalized spacial score (nSPS) is 10.0. The smallest absolute Gasteiger partial charge is 0.167 e. The third-order valence-corrected chi connectivity index (χ3v) is 2.10. The molecule has 0 spiro atoms. The van der Waals surface area contributed by atoms with Crippen LogP contribution in [0, 0.1) is 5.82 Å². The first-order valence-corrected chi connectivity index (χ1v) is 4.81. The van der Waals surface area contributed by atoms with Gasteiger partial charge in [0.25, 0.3) is 0 Å². The first kappa shape index (κ1) is 9.99. The van der Waals surface area contributed by atoms with Crippen molar-refractivity contribution >= 4 is 11.6 Å². The summed E-state index contributed by atoms with van der Waals surface area (Å²) in [5.41, 5.74) is 0. The molecule has 0 saturated carbocycles. The molecule has 0 aliphatic carbocycles. The van der Waals surface area contributed by atoms with Gasteiger partial charge in [0.1, 0.15) is 5.75 Å². The Morgan fingerprint density at radius 1 is 1.00 bits per heavy atom. The van der Waals surface area contributed by atoms with Crippen molar-refractivity contribution in [2.24, 2.45) is 0 Å². The van der Waals surface area contributed by atoms with E-state index in [9.17, 15) is 4.39 Å². The molecule has 0 aliphatic rings. The van der Waals surface area contributed by atoms with E-state index in [2.05, 4.69) is 0 Å². The molecule has 0 unspecified atom stereocenters. The van der Waals surface area contributed by atoms with Crippen molar-refractivity contribution in [1.82, 2.24) is 0 Å². The summed E-state index contributed by atoms with van der Waals surface area (Å²) in [7, 11) is 0. The molecule has 1 nitrogen and oxygen atoms in total. The average Bonchev–Trinajstić information content (AvgIpc) is 2.24. The molecule has 3 heteroatoms. The summed E-state index contributed by atoms with van der Waals surface area (Å²) in [4.78, 5) is 0. The molecule has 0 fully saturated rings. The third kappa shape index (κ3) is 2.48. The van der Waals surface area contributed by atoms with E-state index in [0.29, 0.717) is 10.8 Å². The van der Waals surface area contributed by atoms with E-state index in [0.717, 1.165) is 0 Å². The number of ether oxygens (including phenoxy) is 1. The Morgan fingerprint density at radius 3 is 2.40 bits per heavy atom. The largest absolute Gasteiger partial charge is 0.454 e. The number of halogens is 2. The molecule has 0 amide bonds. The average molecular weight is 223 g/mol. The molecule has 0 aromatic heterocycles. The number of benzene rings is 2. The topological polar surface area (TPSA) is 9.23 Å². The van der Waals surface area contributed by atoms with E-state index in [1.165, 1.54) is 12.1 Å². The SMILES string of the molecule is Fc1cc(Cl)ccc1Oc1ccccc1. The summed E-state index contributed by atoms with van der Waals surface area (Å²) < 4.78 is 18.7. The molecule has 0 N–H and O–H groups in total. The van der Waals surface area contributed by atoms with Crippen molar-refractivity contribution in [2.45, 2.75) is 0 Å². The zero-order valence-electron chi connectivity index (χ0n) is 7.78. The molecule has 76 valence electrons. The van der Waals surface area contributed by atoms with Crippen molar-refractivity contribution in [3.8, 4) is 11.5 Å². The number of hydrogen-bond acceptors (Lipinski definition) is 1. The highest BCUT2D eigenvalue weighted by molar-refractivity contribution is 6.30. The number of rotatable bonds is 2. The fraction of sp³-hybridized carbons (Fsp3) is 0. The van der Waals surface area contributed by atoms with Crippen LogP contribution in [0.25, 0.3) is 0 Å². The van der Waals surface area contributed by atoms with E-state index in [1.807, 2.05) is 18.2 Å². The molecule has 0 atom stereocenters. The Kier molecular flexibility index (Phi) is 2.88. The Labute approximate surface area is 92.1 Å². The predicted molar refractivity (Wildman–Crippen MR) is 57.9 cm³/mol. The van der Waals surface area contributed by atoms with Crippen LogP contribution in [0.3, 0.4) is 0 Å². The van der Waals surface area contributed by atoms with E-state index in [1.54, 1.807) is 18.2 Å². The molecule has 0 bridgehead atoms. The van der Waals surface area contributed by atoms with Gasteiger partial charge in [-0.15, -0.1) is 0 Å². The number of para-hydroxylation sites is 1. The maximum absolute atomic E-state index is 13.3. The van der Waals surface area contributed by atoms with Crippen molar-refractivity contribution in [2.75, 3.05) is 0 Å². The molecule has 0 radical (unpaired) electrons. The first-order chi connectivity index (χ1) is 7.25. The van der Waals surface area contributed by atoms with Crippen LogP contribution in [0.1, 0.15) is 0 Å². The van der Waals surface area contributed by atoms with Gasteiger partial charge in [-0.2, -0.15) is 0 Å². The predicted octanol–water partition coefficient (Wildman–Crippen LogP) is 4.27. The Balaban J connectivity index is 2.25. The van der Waals surface area contributed by atoms with Gasteiger partial charge in [0.15, 0.2) is 11.6 Å². The summed E-state index contributed by atoms with van der Waals surface area (Å²) in [6.45, 7) is 0. The second-order valence-corrected chi connectivity index (χ2v) is 3.43. The van der Waals surface area contributed by atoms with Gasteiger partial charge >= 0.3 is 0 Å². The highest BCUT2D eigenvalue weighted by Crippen LogP contribution is 2.26. The third-order valence-electron chi connectivity index (χ3n) is 1.86. The van der Waals surface area contributed by atoms with E-state index < -0.39 is 5.82 Å². The molecule has 0 saturated heterocycles. The van der Waals surface area contributed by atoms with Gasteiger partial charge in [0.05, 0.1) is 0 Å². The van der Waals surface area contributed by atoms with Crippen LogP contribution in [-0.2, 0) is 0 Å². The van der Waals surface area contributed by atoms with E-state index >= 15 is 0 Å². The minimum atomic E-state index is -0.466. The quantitative estimate of drug-likeness (QED) is 0.737. The second kappa shape index (κ2) is 4.32. The standard InChI is InChI=1S/C12H8ClFO/c13-9-6-7-12(11(14)8-9)15-10-4-2-1-3-5-10/h1-8H. The van der Waals surface area contributed by atoms with Crippen LogP contribution >= 0.6 is 11.6 Å². The molecule has 2 rings (SSSR count). The lowest BCUT2D eigenvalue weighted by molar-refractivity contribution is 0.442. The molecular formula is C12H8ClFO. The van der Waals surface area contributed by atoms with Crippen LogP contribution in [0.15, 0.2) is 48.5 Å². The summed E-state index contributed by atoms with van der Waals surface area (Å²) in [5.74, 6) is 0.302. The van der Waals surface area contributed by atoms with Crippen molar-refractivity contribution in [3.63, 3.8) is 0 Å². The molecule has 2 aromatic rings. The molecule has 0 heterocycles. The Hall–Kier alpha value is -1.54. The van der Waals surface area contributed by atoms with Crippen LogP contribution in [0.4, 0.5) is 4.39 Å². The maximum Gasteiger partial charge on any atom is 0.167 e. The molecular weight excluding hydrogens is 215 g/mol. The lowest BCUT2D eigenvalue weighted by Crippen LogP contribution is -1.87. The van der Waals surface area contributed by atoms with Crippen molar-refractivity contribution in [3.05, 3.63) is 59.4 Å². The van der Waals surface area contributed by atoms with Crippen molar-refractivity contribution < 1.29 is 9.13 Å². The summed E-state index contributed by atoms with van der Waals surface area (Å²) >= 11 is 5.62. The van der Waals surface area contributed by atoms with Gasteiger partial charge in [0.2, 0.25) is 0 Å². The monoisotopic (exact) mass is 222 g/mol. The maximum atomic E-state index is 13.3. The second-order valence-electron chi connectivity index (χ2n) is 2.99. The van der Waals surface area contributed by atoms with Gasteiger partial charge in [-0.1, -0.05) is 29.8 Å². The fourth-order valence-corrected chi connectivity index (χ4v) is 1.33. The minimum absolute atomic E-state index is 0.172. The molecule has 2 aromatic carbocycles. The highest BCUT2D eigenvalue weighted by atomic mass is 35.5. The first-order valence-electron chi connectivity index (χ1n) is 4.43. The zero-order valence-corrected chi connectivity index (χ0v) is 8.54. The summed E-state index contributed by atoms with van der Waals surface area (Å²) in [5, 5.41) is 0.355. The van der Waals surface area contributed by atoms with E-state index in [4.69, 9.17) is 16.3 Å². The number of hydrogen-bond donors (Lipinski definition) is 0. The Morgan fingerprint density at radius 2 is 1.73 bits per heavy atom.